The first-order valence-electron chi connectivity index (χ1n) is 7.24. The first-order chi connectivity index (χ1) is 10.9. The molecule has 2 rings (SSSR count). The molecule has 1 amide bonds. The van der Waals surface area contributed by atoms with E-state index in [1.807, 2.05) is 13.8 Å². The van der Waals surface area contributed by atoms with Crippen molar-refractivity contribution in [3.63, 3.8) is 0 Å². The highest BCUT2D eigenvalue weighted by Gasteiger charge is 2.16. The van der Waals surface area contributed by atoms with Crippen molar-refractivity contribution >= 4 is 17.4 Å². The summed E-state index contributed by atoms with van der Waals surface area (Å²) in [7, 11) is 1.58. The Morgan fingerprint density at radius 1 is 1.22 bits per heavy atom. The van der Waals surface area contributed by atoms with Gasteiger partial charge in [-0.1, -0.05) is 0 Å². The number of pyridine rings is 1. The minimum Gasteiger partial charge on any atom is -0.497 e. The van der Waals surface area contributed by atoms with Gasteiger partial charge in [-0.05, 0) is 50.2 Å². The van der Waals surface area contributed by atoms with E-state index in [1.165, 1.54) is 0 Å². The Bertz CT molecular complexity index is 652. The molecule has 0 unspecified atom stereocenters. The highest BCUT2D eigenvalue weighted by Crippen LogP contribution is 2.16. The number of carbonyl (C=O) groups excluding carboxylic acids is 1. The van der Waals surface area contributed by atoms with Gasteiger partial charge in [0, 0.05) is 5.56 Å². The van der Waals surface area contributed by atoms with Crippen molar-refractivity contribution in [2.45, 2.75) is 19.4 Å². The second kappa shape index (κ2) is 7.11. The number of hydrogen-bond donors (Lipinski definition) is 3. The number of aromatic nitrogens is 1. The van der Waals surface area contributed by atoms with Gasteiger partial charge in [0.25, 0.3) is 5.91 Å². The molecular formula is C17H21N3O3. The van der Waals surface area contributed by atoms with Gasteiger partial charge in [0.05, 0.1) is 31.1 Å². The van der Waals surface area contributed by atoms with Crippen molar-refractivity contribution in [2.24, 2.45) is 0 Å². The lowest BCUT2D eigenvalue weighted by molar-refractivity contribution is 0.102. The largest absolute Gasteiger partial charge is 0.497 e. The second-order valence-electron chi connectivity index (χ2n) is 5.78. The van der Waals surface area contributed by atoms with Crippen molar-refractivity contribution in [1.29, 1.82) is 0 Å². The molecule has 0 radical (unpaired) electrons. The fraction of sp³-hybridized carbons (Fsp3) is 0.294. The number of aliphatic hydroxyl groups excluding tert-OH is 1. The lowest BCUT2D eigenvalue weighted by Crippen LogP contribution is -2.35. The van der Waals surface area contributed by atoms with Crippen LogP contribution in [0.15, 0.2) is 42.6 Å². The molecule has 0 spiro atoms. The molecule has 23 heavy (non-hydrogen) atoms. The summed E-state index contributed by atoms with van der Waals surface area (Å²) in [6.45, 7) is 3.73. The number of ether oxygens (including phenoxy) is 1. The number of rotatable bonds is 6. The number of anilines is 2. The maximum absolute atomic E-state index is 12.1. The molecule has 2 aromatic rings. The summed E-state index contributed by atoms with van der Waals surface area (Å²) in [5.41, 5.74) is 0.675. The van der Waals surface area contributed by atoms with Crippen LogP contribution in [0.1, 0.15) is 24.2 Å². The fourth-order valence-corrected chi connectivity index (χ4v) is 1.87. The van der Waals surface area contributed by atoms with Crippen LogP contribution in [-0.4, -0.2) is 35.3 Å². The predicted molar refractivity (Wildman–Crippen MR) is 90.0 cm³/mol. The van der Waals surface area contributed by atoms with Crippen molar-refractivity contribution in [1.82, 2.24) is 4.98 Å². The smallest absolute Gasteiger partial charge is 0.255 e. The second-order valence-corrected chi connectivity index (χ2v) is 5.78. The third kappa shape index (κ3) is 4.69. The number of amides is 1. The number of aliphatic hydroxyl groups is 1. The Labute approximate surface area is 135 Å². The number of nitrogens with zero attached hydrogens (tertiary/aromatic N) is 1. The molecule has 1 heterocycles. The quantitative estimate of drug-likeness (QED) is 0.763. The zero-order valence-corrected chi connectivity index (χ0v) is 13.5. The first kappa shape index (κ1) is 16.8. The molecular weight excluding hydrogens is 294 g/mol. The van der Waals surface area contributed by atoms with Crippen LogP contribution in [0, 0.1) is 0 Å². The van der Waals surface area contributed by atoms with Crippen LogP contribution in [0.4, 0.5) is 11.5 Å². The van der Waals surface area contributed by atoms with Crippen LogP contribution >= 0.6 is 0 Å². The molecule has 1 aromatic heterocycles. The topological polar surface area (TPSA) is 83.5 Å². The van der Waals surface area contributed by atoms with Gasteiger partial charge in [0.1, 0.15) is 11.6 Å². The number of methoxy groups -OCH3 is 1. The molecule has 6 nitrogen and oxygen atoms in total. The SMILES string of the molecule is COc1ccc(C(=O)Nc2ccc(NC(C)(C)CO)nc2)cc1. The summed E-state index contributed by atoms with van der Waals surface area (Å²) in [5.74, 6) is 1.11. The van der Waals surface area contributed by atoms with Gasteiger partial charge < -0.3 is 20.5 Å². The highest BCUT2D eigenvalue weighted by molar-refractivity contribution is 6.04. The minimum atomic E-state index is -0.457. The normalized spacial score (nSPS) is 11.0. The Morgan fingerprint density at radius 2 is 1.91 bits per heavy atom. The van der Waals surface area contributed by atoms with Gasteiger partial charge >= 0.3 is 0 Å². The summed E-state index contributed by atoms with van der Waals surface area (Å²) in [5, 5.41) is 15.1. The molecule has 122 valence electrons. The van der Waals surface area contributed by atoms with E-state index in [0.717, 1.165) is 0 Å². The highest BCUT2D eigenvalue weighted by atomic mass is 16.5. The Morgan fingerprint density at radius 3 is 2.43 bits per heavy atom. The molecule has 0 saturated carbocycles. The molecule has 1 aromatic carbocycles. The monoisotopic (exact) mass is 315 g/mol. The third-order valence-electron chi connectivity index (χ3n) is 3.24. The third-order valence-corrected chi connectivity index (χ3v) is 3.24. The molecule has 0 aliphatic rings. The first-order valence-corrected chi connectivity index (χ1v) is 7.24. The van der Waals surface area contributed by atoms with Gasteiger partial charge in [-0.15, -0.1) is 0 Å². The Balaban J connectivity index is 2.01. The standard InChI is InChI=1S/C17H21N3O3/c1-17(2,11-21)20-15-9-6-13(10-18-15)19-16(22)12-4-7-14(23-3)8-5-12/h4-10,21H,11H2,1-3H3,(H,18,20)(H,19,22). The molecule has 0 saturated heterocycles. The summed E-state index contributed by atoms with van der Waals surface area (Å²) in [6.07, 6.45) is 1.57. The molecule has 0 fully saturated rings. The van der Waals surface area contributed by atoms with Gasteiger partial charge in [0.2, 0.25) is 0 Å². The molecule has 6 heteroatoms. The summed E-state index contributed by atoms with van der Waals surface area (Å²) in [6, 6.07) is 10.4. The zero-order valence-electron chi connectivity index (χ0n) is 13.5. The van der Waals surface area contributed by atoms with Crippen LogP contribution < -0.4 is 15.4 Å². The predicted octanol–water partition coefficient (Wildman–Crippen LogP) is 2.53. The van der Waals surface area contributed by atoms with E-state index >= 15 is 0 Å². The number of hydrogen-bond acceptors (Lipinski definition) is 5. The van der Waals surface area contributed by atoms with Crippen LogP contribution in [0.5, 0.6) is 5.75 Å². The van der Waals surface area contributed by atoms with E-state index in [-0.39, 0.29) is 12.5 Å². The minimum absolute atomic E-state index is 0.00929. The van der Waals surface area contributed by atoms with Gasteiger partial charge in [-0.25, -0.2) is 4.98 Å². The molecule has 0 aliphatic carbocycles. The lowest BCUT2D eigenvalue weighted by Gasteiger charge is -2.24. The van der Waals surface area contributed by atoms with Crippen LogP contribution in [0.3, 0.4) is 0 Å². The van der Waals surface area contributed by atoms with Gasteiger partial charge in [-0.3, -0.25) is 4.79 Å². The average Bonchev–Trinajstić information content (AvgIpc) is 2.56. The average molecular weight is 315 g/mol. The van der Waals surface area contributed by atoms with E-state index in [1.54, 1.807) is 49.7 Å². The van der Waals surface area contributed by atoms with Crippen LogP contribution in [-0.2, 0) is 0 Å². The van der Waals surface area contributed by atoms with E-state index in [4.69, 9.17) is 4.74 Å². The maximum Gasteiger partial charge on any atom is 0.255 e. The van der Waals surface area contributed by atoms with E-state index < -0.39 is 5.54 Å². The summed E-state index contributed by atoms with van der Waals surface area (Å²) in [4.78, 5) is 16.4. The van der Waals surface area contributed by atoms with Crippen molar-refractivity contribution in [3.05, 3.63) is 48.2 Å². The number of benzene rings is 1. The van der Waals surface area contributed by atoms with Crippen molar-refractivity contribution in [2.75, 3.05) is 24.4 Å². The summed E-state index contributed by atoms with van der Waals surface area (Å²) >= 11 is 0. The number of nitrogens with one attached hydrogen (secondary N) is 2. The van der Waals surface area contributed by atoms with Crippen LogP contribution in [0.25, 0.3) is 0 Å². The Kier molecular flexibility index (Phi) is 5.18. The van der Waals surface area contributed by atoms with Gasteiger partial charge in [0.15, 0.2) is 0 Å². The van der Waals surface area contributed by atoms with E-state index in [0.29, 0.717) is 22.8 Å². The van der Waals surface area contributed by atoms with Crippen molar-refractivity contribution in [3.8, 4) is 5.75 Å². The fourth-order valence-electron chi connectivity index (χ4n) is 1.87. The van der Waals surface area contributed by atoms with Crippen molar-refractivity contribution < 1.29 is 14.6 Å². The van der Waals surface area contributed by atoms with E-state index in [9.17, 15) is 9.90 Å². The maximum atomic E-state index is 12.1. The Hall–Kier alpha value is -2.60. The molecule has 0 atom stereocenters. The lowest BCUT2D eigenvalue weighted by atomic mass is 10.1. The molecule has 0 aliphatic heterocycles. The number of carbonyl (C=O) groups is 1. The van der Waals surface area contributed by atoms with Gasteiger partial charge in [-0.2, -0.15) is 0 Å². The van der Waals surface area contributed by atoms with E-state index in [2.05, 4.69) is 15.6 Å². The summed E-state index contributed by atoms with van der Waals surface area (Å²) < 4.78 is 5.06. The zero-order chi connectivity index (χ0) is 16.9. The van der Waals surface area contributed by atoms with Crippen LogP contribution in [0.2, 0.25) is 0 Å². The molecule has 3 N–H and O–H groups in total. The molecule has 0 bridgehead atoms.